The van der Waals surface area contributed by atoms with E-state index in [1.807, 2.05) is 26.0 Å². The van der Waals surface area contributed by atoms with Crippen LogP contribution < -0.4 is 5.90 Å². The summed E-state index contributed by atoms with van der Waals surface area (Å²) in [5.74, 6) is 5.12. The van der Waals surface area contributed by atoms with Crippen molar-refractivity contribution in [1.29, 1.82) is 0 Å². The van der Waals surface area contributed by atoms with Gasteiger partial charge in [0.25, 0.3) is 0 Å². The highest BCUT2D eigenvalue weighted by molar-refractivity contribution is 5.16. The molecule has 1 heterocycles. The van der Waals surface area contributed by atoms with Gasteiger partial charge in [-0.25, -0.2) is 5.90 Å². The Morgan fingerprint density at radius 3 is 2.36 bits per heavy atom. The normalized spacial score (nSPS) is 11.5. The average molecular weight is 152 g/mol. The topological polar surface area (TPSA) is 48.1 Å². The number of rotatable bonds is 2. The molecule has 0 atom stereocenters. The molecule has 0 aliphatic rings. The van der Waals surface area contributed by atoms with E-state index in [9.17, 15) is 0 Å². The maximum absolute atomic E-state index is 5.12. The third kappa shape index (κ3) is 1.76. The first-order chi connectivity index (χ1) is 5.17. The third-order valence-electron chi connectivity index (χ3n) is 1.67. The van der Waals surface area contributed by atoms with Gasteiger partial charge in [0.15, 0.2) is 0 Å². The zero-order valence-corrected chi connectivity index (χ0v) is 6.74. The Morgan fingerprint density at radius 1 is 1.36 bits per heavy atom. The van der Waals surface area contributed by atoms with Crippen molar-refractivity contribution >= 4 is 0 Å². The third-order valence-corrected chi connectivity index (χ3v) is 1.67. The summed E-state index contributed by atoms with van der Waals surface area (Å²) in [6, 6.07) is 3.76. The number of nitrogens with zero attached hydrogens (tertiary/aromatic N) is 1. The standard InChI is InChI=1S/C8H12N2O/c1-8(2,11-9)7-3-5-10-6-4-7/h3-6H,9H2,1-2H3. The zero-order valence-electron chi connectivity index (χ0n) is 6.74. The van der Waals surface area contributed by atoms with Crippen molar-refractivity contribution in [1.82, 2.24) is 4.98 Å². The van der Waals surface area contributed by atoms with Gasteiger partial charge in [-0.2, -0.15) is 0 Å². The summed E-state index contributed by atoms with van der Waals surface area (Å²) >= 11 is 0. The lowest BCUT2D eigenvalue weighted by Gasteiger charge is -2.21. The van der Waals surface area contributed by atoms with Crippen molar-refractivity contribution in [3.63, 3.8) is 0 Å². The molecule has 11 heavy (non-hydrogen) atoms. The number of pyridine rings is 1. The minimum absolute atomic E-state index is 0.428. The van der Waals surface area contributed by atoms with Gasteiger partial charge in [0, 0.05) is 12.4 Å². The van der Waals surface area contributed by atoms with Crippen LogP contribution in [-0.2, 0) is 10.4 Å². The fourth-order valence-corrected chi connectivity index (χ4v) is 0.821. The molecule has 0 fully saturated rings. The van der Waals surface area contributed by atoms with Crippen molar-refractivity contribution in [3.8, 4) is 0 Å². The highest BCUT2D eigenvalue weighted by Crippen LogP contribution is 2.20. The zero-order chi connectivity index (χ0) is 8.32. The van der Waals surface area contributed by atoms with Gasteiger partial charge in [0.05, 0.1) is 0 Å². The molecule has 1 aromatic heterocycles. The maximum atomic E-state index is 5.12. The number of aromatic nitrogens is 1. The van der Waals surface area contributed by atoms with Crippen LogP contribution >= 0.6 is 0 Å². The van der Waals surface area contributed by atoms with Gasteiger partial charge in [-0.15, -0.1) is 0 Å². The molecule has 0 amide bonds. The van der Waals surface area contributed by atoms with Gasteiger partial charge in [0.1, 0.15) is 5.60 Å². The fraction of sp³-hybridized carbons (Fsp3) is 0.375. The summed E-state index contributed by atoms with van der Waals surface area (Å²) in [6.07, 6.45) is 3.44. The smallest absolute Gasteiger partial charge is 0.109 e. The van der Waals surface area contributed by atoms with E-state index in [0.717, 1.165) is 5.56 Å². The molecule has 0 spiro atoms. The van der Waals surface area contributed by atoms with Crippen molar-refractivity contribution in [2.45, 2.75) is 19.4 Å². The lowest BCUT2D eigenvalue weighted by Crippen LogP contribution is -2.25. The Labute approximate surface area is 66.2 Å². The second-order valence-corrected chi connectivity index (χ2v) is 2.86. The van der Waals surface area contributed by atoms with Gasteiger partial charge in [0.2, 0.25) is 0 Å². The predicted molar refractivity (Wildman–Crippen MR) is 42.5 cm³/mol. The van der Waals surface area contributed by atoms with E-state index < -0.39 is 5.60 Å². The van der Waals surface area contributed by atoms with Crippen LogP contribution in [0.15, 0.2) is 24.5 Å². The molecule has 60 valence electrons. The summed E-state index contributed by atoms with van der Waals surface area (Å²) in [7, 11) is 0. The van der Waals surface area contributed by atoms with Crippen LogP contribution in [-0.4, -0.2) is 4.98 Å². The SMILES string of the molecule is CC(C)(ON)c1ccncc1. The highest BCUT2D eigenvalue weighted by atomic mass is 16.6. The van der Waals surface area contributed by atoms with Crippen LogP contribution in [0.25, 0.3) is 0 Å². The molecule has 0 saturated carbocycles. The van der Waals surface area contributed by atoms with E-state index in [1.165, 1.54) is 0 Å². The van der Waals surface area contributed by atoms with E-state index >= 15 is 0 Å². The minimum atomic E-state index is -0.428. The molecule has 1 aromatic rings. The number of nitrogens with two attached hydrogens (primary N) is 1. The van der Waals surface area contributed by atoms with E-state index in [-0.39, 0.29) is 0 Å². The predicted octanol–water partition coefficient (Wildman–Crippen LogP) is 1.21. The van der Waals surface area contributed by atoms with Crippen molar-refractivity contribution in [3.05, 3.63) is 30.1 Å². The van der Waals surface area contributed by atoms with E-state index in [0.29, 0.717) is 0 Å². The molecule has 0 aliphatic heterocycles. The largest absolute Gasteiger partial charge is 0.294 e. The first kappa shape index (κ1) is 8.17. The fourth-order valence-electron chi connectivity index (χ4n) is 0.821. The molecular formula is C8H12N2O. The Hall–Kier alpha value is -0.930. The first-order valence-corrected chi connectivity index (χ1v) is 3.45. The number of hydrogen-bond donors (Lipinski definition) is 1. The van der Waals surface area contributed by atoms with E-state index in [4.69, 9.17) is 10.7 Å². The monoisotopic (exact) mass is 152 g/mol. The number of hydrogen-bond acceptors (Lipinski definition) is 3. The molecule has 0 radical (unpaired) electrons. The highest BCUT2D eigenvalue weighted by Gasteiger charge is 2.19. The van der Waals surface area contributed by atoms with Crippen molar-refractivity contribution < 1.29 is 4.84 Å². The molecular weight excluding hydrogens is 140 g/mol. The molecule has 3 nitrogen and oxygen atoms in total. The first-order valence-electron chi connectivity index (χ1n) is 3.45. The summed E-state index contributed by atoms with van der Waals surface area (Å²) in [6.45, 7) is 3.81. The van der Waals surface area contributed by atoms with E-state index in [2.05, 4.69) is 4.98 Å². The van der Waals surface area contributed by atoms with Crippen LogP contribution in [0.3, 0.4) is 0 Å². The maximum Gasteiger partial charge on any atom is 0.109 e. The Bertz CT molecular complexity index is 221. The average Bonchev–Trinajstić information content (AvgIpc) is 2.06. The van der Waals surface area contributed by atoms with Crippen LogP contribution in [0.2, 0.25) is 0 Å². The minimum Gasteiger partial charge on any atom is -0.294 e. The molecule has 0 saturated heterocycles. The molecule has 3 heteroatoms. The van der Waals surface area contributed by atoms with Gasteiger partial charge >= 0.3 is 0 Å². The molecule has 0 bridgehead atoms. The Morgan fingerprint density at radius 2 is 1.91 bits per heavy atom. The van der Waals surface area contributed by atoms with Crippen LogP contribution in [0.5, 0.6) is 0 Å². The molecule has 1 rings (SSSR count). The van der Waals surface area contributed by atoms with Crippen molar-refractivity contribution in [2.75, 3.05) is 0 Å². The molecule has 0 aliphatic carbocycles. The summed E-state index contributed by atoms with van der Waals surface area (Å²) in [5, 5.41) is 0. The Kier molecular flexibility index (Phi) is 2.22. The Balaban J connectivity index is 2.93. The quantitative estimate of drug-likeness (QED) is 0.648. The molecule has 0 unspecified atom stereocenters. The van der Waals surface area contributed by atoms with Crippen LogP contribution in [0, 0.1) is 0 Å². The molecule has 0 aromatic carbocycles. The summed E-state index contributed by atoms with van der Waals surface area (Å²) < 4.78 is 0. The summed E-state index contributed by atoms with van der Waals surface area (Å²) in [4.78, 5) is 8.69. The lowest BCUT2D eigenvalue weighted by atomic mass is 10.0. The van der Waals surface area contributed by atoms with Gasteiger partial charge in [-0.05, 0) is 31.5 Å². The summed E-state index contributed by atoms with van der Waals surface area (Å²) in [5.41, 5.74) is 0.596. The van der Waals surface area contributed by atoms with Crippen molar-refractivity contribution in [2.24, 2.45) is 5.90 Å². The van der Waals surface area contributed by atoms with Crippen LogP contribution in [0.1, 0.15) is 19.4 Å². The van der Waals surface area contributed by atoms with Gasteiger partial charge in [-0.3, -0.25) is 9.82 Å². The second-order valence-electron chi connectivity index (χ2n) is 2.86. The van der Waals surface area contributed by atoms with E-state index in [1.54, 1.807) is 12.4 Å². The lowest BCUT2D eigenvalue weighted by molar-refractivity contribution is -0.0236. The molecule has 2 N–H and O–H groups in total. The van der Waals surface area contributed by atoms with Gasteiger partial charge in [-0.1, -0.05) is 0 Å². The van der Waals surface area contributed by atoms with Crippen LogP contribution in [0.4, 0.5) is 0 Å². The second kappa shape index (κ2) is 2.98. The van der Waals surface area contributed by atoms with Gasteiger partial charge < -0.3 is 0 Å².